The van der Waals surface area contributed by atoms with E-state index < -0.39 is 0 Å². The minimum absolute atomic E-state index is 0.705. The summed E-state index contributed by atoms with van der Waals surface area (Å²) in [7, 11) is 0. The average Bonchev–Trinajstić information content (AvgIpc) is 2.05. The summed E-state index contributed by atoms with van der Waals surface area (Å²) in [5.74, 6) is 0. The van der Waals surface area contributed by atoms with Crippen molar-refractivity contribution in [3.8, 4) is 0 Å². The van der Waals surface area contributed by atoms with Crippen LogP contribution in [0.1, 0.15) is 19.8 Å². The summed E-state index contributed by atoms with van der Waals surface area (Å²) >= 11 is 0. The molecule has 0 atom stereocenters. The maximum Gasteiger partial charge on any atom is 0.0547 e. The quantitative estimate of drug-likeness (QED) is 0.670. The van der Waals surface area contributed by atoms with Crippen LogP contribution in [0, 0.1) is 0 Å². The number of pyridine rings is 1. The first kappa shape index (κ1) is 8.84. The number of anilines is 2. The van der Waals surface area contributed by atoms with E-state index in [-0.39, 0.29) is 0 Å². The third kappa shape index (κ3) is 2.78. The summed E-state index contributed by atoms with van der Waals surface area (Å²) in [6.07, 6.45) is 5.80. The molecule has 0 aromatic carbocycles. The Balaban J connectivity index is 2.41. The van der Waals surface area contributed by atoms with Gasteiger partial charge in [-0.3, -0.25) is 4.98 Å². The smallest absolute Gasteiger partial charge is 0.0547 e. The van der Waals surface area contributed by atoms with Crippen LogP contribution in [0.25, 0.3) is 0 Å². The summed E-state index contributed by atoms with van der Waals surface area (Å²) in [6.45, 7) is 3.15. The van der Waals surface area contributed by atoms with E-state index in [9.17, 15) is 0 Å². The molecule has 0 aliphatic heterocycles. The lowest BCUT2D eigenvalue weighted by Crippen LogP contribution is -2.01. The first-order chi connectivity index (χ1) is 5.83. The van der Waals surface area contributed by atoms with Crippen LogP contribution in [0.2, 0.25) is 0 Å². The first-order valence-electron chi connectivity index (χ1n) is 4.27. The van der Waals surface area contributed by atoms with Gasteiger partial charge in [0, 0.05) is 12.7 Å². The summed E-state index contributed by atoms with van der Waals surface area (Å²) in [5.41, 5.74) is 7.27. The third-order valence-electron chi connectivity index (χ3n) is 1.62. The van der Waals surface area contributed by atoms with Gasteiger partial charge in [-0.2, -0.15) is 0 Å². The molecule has 3 heteroatoms. The molecular formula is C9H15N3. The molecule has 1 heterocycles. The normalized spacial score (nSPS) is 9.75. The fourth-order valence-electron chi connectivity index (χ4n) is 0.964. The lowest BCUT2D eigenvalue weighted by atomic mass is 10.3. The molecule has 0 aliphatic rings. The fourth-order valence-corrected chi connectivity index (χ4v) is 0.964. The van der Waals surface area contributed by atoms with E-state index in [2.05, 4.69) is 17.2 Å². The van der Waals surface area contributed by atoms with Gasteiger partial charge in [-0.05, 0) is 12.5 Å². The maximum atomic E-state index is 5.56. The number of nitrogens with one attached hydrogen (secondary N) is 1. The lowest BCUT2D eigenvalue weighted by molar-refractivity contribution is 0.834. The summed E-state index contributed by atoms with van der Waals surface area (Å²) in [4.78, 5) is 3.98. The van der Waals surface area contributed by atoms with Gasteiger partial charge in [0.15, 0.2) is 0 Å². The van der Waals surface area contributed by atoms with Crippen LogP contribution in [-0.2, 0) is 0 Å². The summed E-state index contributed by atoms with van der Waals surface area (Å²) in [6, 6.07) is 1.89. The predicted molar refractivity (Wildman–Crippen MR) is 52.0 cm³/mol. The van der Waals surface area contributed by atoms with Crippen LogP contribution in [0.5, 0.6) is 0 Å². The number of hydrogen-bond donors (Lipinski definition) is 2. The highest BCUT2D eigenvalue weighted by Crippen LogP contribution is 2.08. The molecule has 3 N–H and O–H groups in total. The molecule has 12 heavy (non-hydrogen) atoms. The van der Waals surface area contributed by atoms with E-state index in [0.29, 0.717) is 5.69 Å². The summed E-state index contributed by atoms with van der Waals surface area (Å²) in [5, 5.41) is 3.24. The second-order valence-corrected chi connectivity index (χ2v) is 2.79. The molecule has 0 saturated carbocycles. The second kappa shape index (κ2) is 4.59. The van der Waals surface area contributed by atoms with Crippen molar-refractivity contribution in [2.45, 2.75) is 19.8 Å². The molecule has 0 saturated heterocycles. The highest BCUT2D eigenvalue weighted by Gasteiger charge is 1.91. The van der Waals surface area contributed by atoms with Gasteiger partial charge in [0.25, 0.3) is 0 Å². The van der Waals surface area contributed by atoms with Crippen LogP contribution in [0.3, 0.4) is 0 Å². The molecule has 0 radical (unpaired) electrons. The molecule has 0 unspecified atom stereocenters. The highest BCUT2D eigenvalue weighted by atomic mass is 14.9. The fraction of sp³-hybridized carbons (Fsp3) is 0.444. The Hall–Kier alpha value is -1.25. The van der Waals surface area contributed by atoms with E-state index >= 15 is 0 Å². The zero-order valence-corrected chi connectivity index (χ0v) is 7.38. The zero-order chi connectivity index (χ0) is 8.81. The van der Waals surface area contributed by atoms with E-state index in [1.807, 2.05) is 6.07 Å². The number of nitrogen functional groups attached to an aromatic ring is 1. The number of nitrogens with two attached hydrogens (primary N) is 1. The van der Waals surface area contributed by atoms with Crippen LogP contribution in [-0.4, -0.2) is 11.5 Å². The van der Waals surface area contributed by atoms with Gasteiger partial charge >= 0.3 is 0 Å². The number of rotatable bonds is 4. The minimum atomic E-state index is 0.705. The van der Waals surface area contributed by atoms with Gasteiger partial charge in [-0.1, -0.05) is 13.3 Å². The van der Waals surface area contributed by atoms with Crippen molar-refractivity contribution < 1.29 is 0 Å². The van der Waals surface area contributed by atoms with Gasteiger partial charge in [-0.15, -0.1) is 0 Å². The monoisotopic (exact) mass is 165 g/mol. The Morgan fingerprint density at radius 2 is 2.33 bits per heavy atom. The van der Waals surface area contributed by atoms with E-state index in [1.54, 1.807) is 12.4 Å². The SMILES string of the molecule is CCCCNc1cncc(N)c1. The molecule has 66 valence electrons. The molecule has 3 nitrogen and oxygen atoms in total. The van der Waals surface area contributed by atoms with Crippen molar-refractivity contribution >= 4 is 11.4 Å². The highest BCUT2D eigenvalue weighted by molar-refractivity contribution is 5.50. The molecule has 0 aliphatic carbocycles. The topological polar surface area (TPSA) is 50.9 Å². The molecule has 0 bridgehead atoms. The average molecular weight is 165 g/mol. The second-order valence-electron chi connectivity index (χ2n) is 2.79. The summed E-state index contributed by atoms with van der Waals surface area (Å²) < 4.78 is 0. The number of nitrogens with zero attached hydrogens (tertiary/aromatic N) is 1. The van der Waals surface area contributed by atoms with Crippen LogP contribution in [0.4, 0.5) is 11.4 Å². The van der Waals surface area contributed by atoms with Crippen molar-refractivity contribution in [2.75, 3.05) is 17.6 Å². The largest absolute Gasteiger partial charge is 0.397 e. The van der Waals surface area contributed by atoms with Gasteiger partial charge in [0.05, 0.1) is 17.6 Å². The Morgan fingerprint density at radius 1 is 1.50 bits per heavy atom. The number of hydrogen-bond acceptors (Lipinski definition) is 3. The third-order valence-corrected chi connectivity index (χ3v) is 1.62. The molecule has 1 aromatic rings. The van der Waals surface area contributed by atoms with Gasteiger partial charge in [0.1, 0.15) is 0 Å². The Bertz CT molecular complexity index is 235. The molecule has 0 fully saturated rings. The van der Waals surface area contributed by atoms with Crippen molar-refractivity contribution in [3.05, 3.63) is 18.5 Å². The number of aromatic nitrogens is 1. The lowest BCUT2D eigenvalue weighted by Gasteiger charge is -2.04. The van der Waals surface area contributed by atoms with Crippen LogP contribution < -0.4 is 11.1 Å². The minimum Gasteiger partial charge on any atom is -0.397 e. The first-order valence-corrected chi connectivity index (χ1v) is 4.27. The molecule has 0 amide bonds. The van der Waals surface area contributed by atoms with Crippen molar-refractivity contribution in [2.24, 2.45) is 0 Å². The molecule has 1 aromatic heterocycles. The van der Waals surface area contributed by atoms with Crippen LogP contribution in [0.15, 0.2) is 18.5 Å². The van der Waals surface area contributed by atoms with E-state index in [1.165, 1.54) is 12.8 Å². The van der Waals surface area contributed by atoms with E-state index in [0.717, 1.165) is 12.2 Å². The van der Waals surface area contributed by atoms with Crippen LogP contribution >= 0.6 is 0 Å². The van der Waals surface area contributed by atoms with Gasteiger partial charge in [0.2, 0.25) is 0 Å². The molecular weight excluding hydrogens is 150 g/mol. The maximum absolute atomic E-state index is 5.56. The van der Waals surface area contributed by atoms with Crippen molar-refractivity contribution in [1.29, 1.82) is 0 Å². The van der Waals surface area contributed by atoms with Crippen molar-refractivity contribution in [3.63, 3.8) is 0 Å². The van der Waals surface area contributed by atoms with Gasteiger partial charge < -0.3 is 11.1 Å². The number of unbranched alkanes of at least 4 members (excludes halogenated alkanes) is 1. The van der Waals surface area contributed by atoms with Gasteiger partial charge in [-0.25, -0.2) is 0 Å². The standard InChI is InChI=1S/C9H15N3/c1-2-3-4-12-9-5-8(10)6-11-7-9/h5-7,12H,2-4,10H2,1H3. The Labute approximate surface area is 73.0 Å². The molecule has 0 spiro atoms. The van der Waals surface area contributed by atoms with Crippen molar-refractivity contribution in [1.82, 2.24) is 4.98 Å². The molecule has 1 rings (SSSR count). The zero-order valence-electron chi connectivity index (χ0n) is 7.38. The predicted octanol–water partition coefficient (Wildman–Crippen LogP) is 1.88. The van der Waals surface area contributed by atoms with E-state index in [4.69, 9.17) is 5.73 Å². The Morgan fingerprint density at radius 3 is 3.00 bits per heavy atom. The Kier molecular flexibility index (Phi) is 3.38.